The van der Waals surface area contributed by atoms with Gasteiger partial charge >= 0.3 is 6.09 Å². The molecule has 9 heteroatoms. The Kier molecular flexibility index (Phi) is 8.59. The first kappa shape index (κ1) is 32.0. The lowest BCUT2D eigenvalue weighted by molar-refractivity contribution is -0.0296. The predicted molar refractivity (Wildman–Crippen MR) is 186 cm³/mol. The van der Waals surface area contributed by atoms with Crippen molar-refractivity contribution in [1.29, 1.82) is 0 Å². The van der Waals surface area contributed by atoms with Crippen molar-refractivity contribution in [2.45, 2.75) is 45.0 Å². The number of halogens is 2. The summed E-state index contributed by atoms with van der Waals surface area (Å²) < 4.78 is 49.3. The fourth-order valence-electron chi connectivity index (χ4n) is 5.97. The SMILES string of the molecule is CC(C)(C)OC(=O)N1CCC(Oc2ccc(-c3cnc4ccccc4c3)cc2F)C(Oc2ccc(-c3cnc4ccccc4c3)cc2F)C1. The average Bonchev–Trinajstić information content (AvgIpc) is 3.09. The summed E-state index contributed by atoms with van der Waals surface area (Å²) in [5, 5.41) is 1.89. The highest BCUT2D eigenvalue weighted by Gasteiger charge is 2.37. The number of benzene rings is 4. The van der Waals surface area contributed by atoms with Gasteiger partial charge in [0.15, 0.2) is 29.2 Å². The molecule has 0 radical (unpaired) electrons. The van der Waals surface area contributed by atoms with Crippen LogP contribution in [-0.4, -0.2) is 51.9 Å². The number of para-hydroxylation sites is 2. The van der Waals surface area contributed by atoms with Crippen LogP contribution in [0, 0.1) is 11.6 Å². The minimum Gasteiger partial charge on any atom is -0.483 e. The zero-order valence-corrected chi connectivity index (χ0v) is 27.4. The van der Waals surface area contributed by atoms with E-state index in [0.717, 1.165) is 32.9 Å². The molecule has 1 aliphatic heterocycles. The molecule has 248 valence electrons. The van der Waals surface area contributed by atoms with Gasteiger partial charge < -0.3 is 19.1 Å². The predicted octanol–water partition coefficient (Wildman–Crippen LogP) is 9.23. The number of hydrogen-bond donors (Lipinski definition) is 0. The maximum Gasteiger partial charge on any atom is 0.410 e. The van der Waals surface area contributed by atoms with Gasteiger partial charge in [0.1, 0.15) is 11.7 Å². The summed E-state index contributed by atoms with van der Waals surface area (Å²) in [5.74, 6) is -1.12. The monoisotopic (exact) mass is 659 g/mol. The number of ether oxygens (including phenoxy) is 3. The van der Waals surface area contributed by atoms with E-state index in [1.54, 1.807) is 57.4 Å². The normalized spacial score (nSPS) is 16.5. The van der Waals surface area contributed by atoms with Crippen molar-refractivity contribution >= 4 is 27.9 Å². The van der Waals surface area contributed by atoms with Gasteiger partial charge in [-0.2, -0.15) is 0 Å². The third-order valence-corrected chi connectivity index (χ3v) is 8.42. The number of nitrogens with zero attached hydrogens (tertiary/aromatic N) is 3. The van der Waals surface area contributed by atoms with Gasteiger partial charge in [0, 0.05) is 47.3 Å². The number of carbonyl (C=O) groups excluding carboxylic acids is 1. The molecule has 1 aliphatic rings. The Labute approximate surface area is 283 Å². The summed E-state index contributed by atoms with van der Waals surface area (Å²) in [5.41, 5.74) is 3.82. The number of pyridine rings is 2. The lowest BCUT2D eigenvalue weighted by Gasteiger charge is -2.38. The van der Waals surface area contributed by atoms with Crippen LogP contribution in [-0.2, 0) is 4.74 Å². The Morgan fingerprint density at radius 1 is 0.694 bits per heavy atom. The van der Waals surface area contributed by atoms with E-state index in [1.165, 1.54) is 17.0 Å². The minimum atomic E-state index is -0.826. The molecule has 0 spiro atoms. The van der Waals surface area contributed by atoms with E-state index in [-0.39, 0.29) is 24.6 Å². The van der Waals surface area contributed by atoms with E-state index in [4.69, 9.17) is 14.2 Å². The van der Waals surface area contributed by atoms with Gasteiger partial charge in [-0.15, -0.1) is 0 Å². The number of fused-ring (bicyclic) bond motifs is 2. The molecule has 2 unspecified atom stereocenters. The van der Waals surface area contributed by atoms with Crippen LogP contribution >= 0.6 is 0 Å². The molecular formula is C40H35F2N3O4. The van der Waals surface area contributed by atoms with E-state index < -0.39 is 35.5 Å². The molecule has 0 aliphatic carbocycles. The van der Waals surface area contributed by atoms with Crippen LogP contribution in [0.15, 0.2) is 109 Å². The van der Waals surface area contributed by atoms with Crippen LogP contribution in [0.5, 0.6) is 11.5 Å². The molecule has 2 atom stereocenters. The topological polar surface area (TPSA) is 73.8 Å². The number of piperidine rings is 1. The van der Waals surface area contributed by atoms with E-state index in [1.807, 2.05) is 60.7 Å². The summed E-state index contributed by atoms with van der Waals surface area (Å²) in [6, 6.07) is 28.8. The van der Waals surface area contributed by atoms with Crippen molar-refractivity contribution in [3.8, 4) is 33.8 Å². The van der Waals surface area contributed by atoms with Crippen molar-refractivity contribution in [3.05, 3.63) is 121 Å². The highest BCUT2D eigenvalue weighted by molar-refractivity contribution is 5.84. The Hall–Kier alpha value is -5.57. The maximum absolute atomic E-state index is 15.6. The second-order valence-electron chi connectivity index (χ2n) is 13.2. The van der Waals surface area contributed by atoms with Crippen LogP contribution in [0.3, 0.4) is 0 Å². The highest BCUT2D eigenvalue weighted by atomic mass is 19.1. The molecule has 7 nitrogen and oxygen atoms in total. The number of likely N-dealkylation sites (tertiary alicyclic amines) is 1. The van der Waals surface area contributed by atoms with Crippen LogP contribution < -0.4 is 9.47 Å². The molecule has 4 aromatic carbocycles. The van der Waals surface area contributed by atoms with Crippen molar-refractivity contribution in [1.82, 2.24) is 14.9 Å². The average molecular weight is 660 g/mol. The molecule has 0 N–H and O–H groups in total. The summed E-state index contributed by atoms with van der Waals surface area (Å²) in [4.78, 5) is 23.5. The Morgan fingerprint density at radius 2 is 1.20 bits per heavy atom. The van der Waals surface area contributed by atoms with Gasteiger partial charge in [0.2, 0.25) is 0 Å². The molecule has 1 fully saturated rings. The van der Waals surface area contributed by atoms with Crippen LogP contribution in [0.25, 0.3) is 44.1 Å². The standard InChI is InChI=1S/C40H35F2N3O4/c1-40(2,3)49-39(46)45-17-16-37(47-35-14-12-25(20-31(35)41)29-18-27-8-4-6-10-33(27)43-22-29)38(24-45)48-36-15-13-26(21-32(36)42)30-19-28-9-5-7-11-34(28)44-23-30/h4-15,18-23,37-38H,16-17,24H2,1-3H3. The molecular weight excluding hydrogens is 624 g/mol. The van der Waals surface area contributed by atoms with Gasteiger partial charge in [-0.05, 0) is 80.4 Å². The number of aromatic nitrogens is 2. The summed E-state index contributed by atoms with van der Waals surface area (Å²) in [6.07, 6.45) is 1.70. The Bertz CT molecular complexity index is 2170. The van der Waals surface area contributed by atoms with Crippen LogP contribution in [0.2, 0.25) is 0 Å². The smallest absolute Gasteiger partial charge is 0.410 e. The number of hydrogen-bond acceptors (Lipinski definition) is 6. The third-order valence-electron chi connectivity index (χ3n) is 8.42. The van der Waals surface area contributed by atoms with E-state index >= 15 is 8.78 Å². The van der Waals surface area contributed by atoms with Gasteiger partial charge in [-0.3, -0.25) is 9.97 Å². The lowest BCUT2D eigenvalue weighted by Crippen LogP contribution is -2.54. The second-order valence-corrected chi connectivity index (χ2v) is 13.2. The Balaban J connectivity index is 1.13. The van der Waals surface area contributed by atoms with Gasteiger partial charge in [-0.1, -0.05) is 48.5 Å². The van der Waals surface area contributed by atoms with Crippen molar-refractivity contribution < 1.29 is 27.8 Å². The first-order valence-electron chi connectivity index (χ1n) is 16.2. The zero-order chi connectivity index (χ0) is 34.1. The fourth-order valence-corrected chi connectivity index (χ4v) is 5.97. The van der Waals surface area contributed by atoms with E-state index in [0.29, 0.717) is 17.5 Å². The molecule has 0 bridgehead atoms. The molecule has 49 heavy (non-hydrogen) atoms. The molecule has 7 rings (SSSR count). The van der Waals surface area contributed by atoms with Crippen molar-refractivity contribution in [3.63, 3.8) is 0 Å². The number of amides is 1. The highest BCUT2D eigenvalue weighted by Crippen LogP contribution is 2.32. The van der Waals surface area contributed by atoms with Crippen LogP contribution in [0.1, 0.15) is 27.2 Å². The largest absolute Gasteiger partial charge is 0.483 e. The van der Waals surface area contributed by atoms with Gasteiger partial charge in [0.25, 0.3) is 0 Å². The lowest BCUT2D eigenvalue weighted by atomic mass is 10.0. The summed E-state index contributed by atoms with van der Waals surface area (Å²) in [6.45, 7) is 5.71. The molecule has 1 amide bonds. The second kappa shape index (κ2) is 13.1. The quantitative estimate of drug-likeness (QED) is 0.178. The first-order chi connectivity index (χ1) is 23.6. The number of carbonyl (C=O) groups is 1. The maximum atomic E-state index is 15.6. The number of rotatable bonds is 6. The molecule has 1 saturated heterocycles. The first-order valence-corrected chi connectivity index (χ1v) is 16.2. The summed E-state index contributed by atoms with van der Waals surface area (Å²) in [7, 11) is 0. The van der Waals surface area contributed by atoms with Crippen molar-refractivity contribution in [2.24, 2.45) is 0 Å². The summed E-state index contributed by atoms with van der Waals surface area (Å²) >= 11 is 0. The van der Waals surface area contributed by atoms with E-state index in [2.05, 4.69) is 9.97 Å². The Morgan fingerprint density at radius 3 is 1.71 bits per heavy atom. The van der Waals surface area contributed by atoms with Crippen molar-refractivity contribution in [2.75, 3.05) is 13.1 Å². The van der Waals surface area contributed by atoms with E-state index in [9.17, 15) is 4.79 Å². The van der Waals surface area contributed by atoms with Gasteiger partial charge in [0.05, 0.1) is 17.6 Å². The molecule has 3 heterocycles. The third kappa shape index (κ3) is 7.16. The molecule has 6 aromatic rings. The minimum absolute atomic E-state index is 0.0123. The zero-order valence-electron chi connectivity index (χ0n) is 27.4. The molecule has 2 aromatic heterocycles. The fraction of sp³-hybridized carbons (Fsp3) is 0.225. The van der Waals surface area contributed by atoms with Crippen LogP contribution in [0.4, 0.5) is 13.6 Å². The van der Waals surface area contributed by atoms with Gasteiger partial charge in [-0.25, -0.2) is 13.6 Å². The molecule has 0 saturated carbocycles.